The molecule has 2 heterocycles. The Balaban J connectivity index is 2.15. The molecule has 0 bridgehead atoms. The molecule has 0 spiro atoms. The molecular formula is C16H9ClFN3OS. The van der Waals surface area contributed by atoms with Gasteiger partial charge in [-0.3, -0.25) is 0 Å². The van der Waals surface area contributed by atoms with Gasteiger partial charge in [-0.05, 0) is 22.0 Å². The Bertz CT molecular complexity index is 1000. The van der Waals surface area contributed by atoms with Crippen LogP contribution in [-0.4, -0.2) is 20.4 Å². The van der Waals surface area contributed by atoms with Crippen LogP contribution in [0.1, 0.15) is 0 Å². The van der Waals surface area contributed by atoms with Crippen LogP contribution in [0.15, 0.2) is 47.8 Å². The summed E-state index contributed by atoms with van der Waals surface area (Å²) < 4.78 is 15.0. The Morgan fingerprint density at radius 1 is 1.00 bits per heavy atom. The van der Waals surface area contributed by atoms with E-state index in [4.69, 9.17) is 11.6 Å². The second-order valence-corrected chi connectivity index (χ2v) is 6.21. The normalized spacial score (nSPS) is 11.2. The van der Waals surface area contributed by atoms with Gasteiger partial charge in [-0.15, -0.1) is 21.5 Å². The number of thiophene rings is 1. The van der Waals surface area contributed by atoms with E-state index < -0.39 is 5.82 Å². The summed E-state index contributed by atoms with van der Waals surface area (Å²) in [5, 5.41) is 19.4. The lowest BCUT2D eigenvalue weighted by Gasteiger charge is -2.10. The summed E-state index contributed by atoms with van der Waals surface area (Å²) in [5.74, 6) is -0.575. The minimum absolute atomic E-state index is 0.0284. The number of halogens is 2. The van der Waals surface area contributed by atoms with Crippen LogP contribution in [-0.2, 0) is 0 Å². The summed E-state index contributed by atoms with van der Waals surface area (Å²) in [6, 6.07) is 12.6. The molecule has 0 atom stereocenters. The highest BCUT2D eigenvalue weighted by Crippen LogP contribution is 2.43. The smallest absolute Gasteiger partial charge is 0.152 e. The average molecular weight is 346 g/mol. The molecule has 2 aromatic carbocycles. The topological polar surface area (TPSA) is 50.9 Å². The molecular weight excluding hydrogens is 337 g/mol. The van der Waals surface area contributed by atoms with Crippen LogP contribution in [0.5, 0.6) is 0 Å². The van der Waals surface area contributed by atoms with Gasteiger partial charge in [0.2, 0.25) is 0 Å². The number of aromatic nitrogens is 3. The SMILES string of the molecule is On1nc2c(-c3ccccc3)c(F)c(Cl)c(-c3cccs3)c2n1. The van der Waals surface area contributed by atoms with Crippen molar-refractivity contribution in [1.82, 2.24) is 15.2 Å². The van der Waals surface area contributed by atoms with Gasteiger partial charge in [-0.1, -0.05) is 48.0 Å². The summed E-state index contributed by atoms with van der Waals surface area (Å²) in [7, 11) is 0. The minimum Gasteiger partial charge on any atom is -0.396 e. The predicted octanol–water partition coefficient (Wildman–Crippen LogP) is 4.86. The molecule has 4 aromatic rings. The van der Waals surface area contributed by atoms with Crippen molar-refractivity contribution in [3.8, 4) is 21.6 Å². The lowest BCUT2D eigenvalue weighted by atomic mass is 10.00. The zero-order valence-electron chi connectivity index (χ0n) is 11.6. The molecule has 0 aliphatic heterocycles. The molecule has 2 aromatic heterocycles. The van der Waals surface area contributed by atoms with Crippen molar-refractivity contribution in [2.75, 3.05) is 0 Å². The lowest BCUT2D eigenvalue weighted by molar-refractivity contribution is 0.113. The van der Waals surface area contributed by atoms with Gasteiger partial charge in [-0.2, -0.15) is 0 Å². The van der Waals surface area contributed by atoms with E-state index in [0.29, 0.717) is 21.6 Å². The van der Waals surface area contributed by atoms with Gasteiger partial charge < -0.3 is 5.21 Å². The third-order valence-corrected chi connectivity index (χ3v) is 4.78. The van der Waals surface area contributed by atoms with Gasteiger partial charge in [0.15, 0.2) is 5.82 Å². The number of benzene rings is 2. The molecule has 1 N–H and O–H groups in total. The van der Waals surface area contributed by atoms with Crippen LogP contribution in [0, 0.1) is 5.82 Å². The second-order valence-electron chi connectivity index (χ2n) is 4.89. The van der Waals surface area contributed by atoms with Crippen molar-refractivity contribution in [2.24, 2.45) is 0 Å². The summed E-state index contributed by atoms with van der Waals surface area (Å²) in [6.07, 6.45) is 0. The van der Waals surface area contributed by atoms with Crippen LogP contribution in [0.3, 0.4) is 0 Å². The molecule has 0 unspecified atom stereocenters. The largest absolute Gasteiger partial charge is 0.396 e. The van der Waals surface area contributed by atoms with Gasteiger partial charge >= 0.3 is 0 Å². The average Bonchev–Trinajstić information content (AvgIpc) is 3.19. The first-order valence-corrected chi connectivity index (χ1v) is 7.99. The third-order valence-electron chi connectivity index (χ3n) is 3.54. The van der Waals surface area contributed by atoms with E-state index in [1.807, 2.05) is 23.6 Å². The fourth-order valence-corrected chi connectivity index (χ4v) is 3.69. The fraction of sp³-hybridized carbons (Fsp3) is 0. The molecule has 4 nitrogen and oxygen atoms in total. The number of rotatable bonds is 2. The van der Waals surface area contributed by atoms with Crippen LogP contribution < -0.4 is 0 Å². The Morgan fingerprint density at radius 3 is 2.35 bits per heavy atom. The molecule has 114 valence electrons. The highest BCUT2D eigenvalue weighted by Gasteiger charge is 2.24. The molecule has 0 saturated heterocycles. The summed E-state index contributed by atoms with van der Waals surface area (Å²) in [5.41, 5.74) is 1.92. The Labute approximate surface area is 139 Å². The van der Waals surface area contributed by atoms with Gasteiger partial charge in [-0.25, -0.2) is 4.39 Å². The Morgan fingerprint density at radius 2 is 1.70 bits per heavy atom. The van der Waals surface area contributed by atoms with E-state index in [0.717, 1.165) is 4.88 Å². The zero-order valence-corrected chi connectivity index (χ0v) is 13.1. The van der Waals surface area contributed by atoms with Crippen molar-refractivity contribution >= 4 is 34.0 Å². The first kappa shape index (κ1) is 14.2. The number of nitrogens with zero attached hydrogens (tertiary/aromatic N) is 3. The van der Waals surface area contributed by atoms with Gasteiger partial charge in [0, 0.05) is 16.0 Å². The van der Waals surface area contributed by atoms with E-state index in [2.05, 4.69) is 10.2 Å². The molecule has 0 radical (unpaired) electrons. The zero-order chi connectivity index (χ0) is 16.0. The predicted molar refractivity (Wildman–Crippen MR) is 88.4 cm³/mol. The van der Waals surface area contributed by atoms with Crippen LogP contribution in [0.25, 0.3) is 32.6 Å². The van der Waals surface area contributed by atoms with E-state index in [-0.39, 0.29) is 16.1 Å². The Kier molecular flexibility index (Phi) is 3.28. The third kappa shape index (κ3) is 2.18. The maximum absolute atomic E-state index is 15.0. The van der Waals surface area contributed by atoms with Crippen molar-refractivity contribution < 1.29 is 9.60 Å². The van der Waals surface area contributed by atoms with Crippen LogP contribution in [0.2, 0.25) is 5.02 Å². The fourth-order valence-electron chi connectivity index (χ4n) is 2.57. The summed E-state index contributed by atoms with van der Waals surface area (Å²) in [6.45, 7) is 0. The molecule has 0 fully saturated rings. The first-order chi connectivity index (χ1) is 11.2. The van der Waals surface area contributed by atoms with Crippen molar-refractivity contribution in [3.05, 3.63) is 58.7 Å². The van der Waals surface area contributed by atoms with Crippen molar-refractivity contribution in [1.29, 1.82) is 0 Å². The summed E-state index contributed by atoms with van der Waals surface area (Å²) >= 11 is 7.72. The van der Waals surface area contributed by atoms with E-state index in [9.17, 15) is 9.60 Å². The van der Waals surface area contributed by atoms with Gasteiger partial charge in [0.25, 0.3) is 0 Å². The molecule has 0 saturated carbocycles. The summed E-state index contributed by atoms with van der Waals surface area (Å²) in [4.78, 5) is 1.21. The maximum atomic E-state index is 15.0. The monoisotopic (exact) mass is 345 g/mol. The first-order valence-electron chi connectivity index (χ1n) is 6.73. The number of fused-ring (bicyclic) bond motifs is 1. The Hall–Kier alpha value is -2.44. The van der Waals surface area contributed by atoms with Crippen molar-refractivity contribution in [3.63, 3.8) is 0 Å². The van der Waals surface area contributed by atoms with Crippen LogP contribution >= 0.6 is 22.9 Å². The quantitative estimate of drug-likeness (QED) is 0.528. The van der Waals surface area contributed by atoms with Crippen molar-refractivity contribution in [2.45, 2.75) is 0 Å². The minimum atomic E-state index is -0.575. The molecule has 0 amide bonds. The maximum Gasteiger partial charge on any atom is 0.152 e. The second kappa shape index (κ2) is 5.33. The van der Waals surface area contributed by atoms with E-state index in [1.165, 1.54) is 11.3 Å². The number of hydrogen-bond acceptors (Lipinski definition) is 4. The van der Waals surface area contributed by atoms with Crippen LogP contribution in [0.4, 0.5) is 4.39 Å². The molecule has 0 aliphatic rings. The standard InChI is InChI=1S/C16H9ClFN3OS/c17-13-12(10-7-4-8-23-10)16-15(19-21(22)20-16)11(14(13)18)9-5-2-1-3-6-9/h1-8,22H. The van der Waals surface area contributed by atoms with E-state index in [1.54, 1.807) is 24.3 Å². The number of hydrogen-bond donors (Lipinski definition) is 1. The molecule has 23 heavy (non-hydrogen) atoms. The highest BCUT2D eigenvalue weighted by molar-refractivity contribution is 7.13. The van der Waals surface area contributed by atoms with Gasteiger partial charge in [0.05, 0.1) is 5.02 Å². The molecule has 7 heteroatoms. The van der Waals surface area contributed by atoms with E-state index >= 15 is 0 Å². The van der Waals surface area contributed by atoms with Gasteiger partial charge in [0.1, 0.15) is 11.0 Å². The molecule has 4 rings (SSSR count). The molecule has 0 aliphatic carbocycles. The highest BCUT2D eigenvalue weighted by atomic mass is 35.5. The lowest BCUT2D eigenvalue weighted by Crippen LogP contribution is -1.93.